The number of halogens is 3. The zero-order valence-corrected chi connectivity index (χ0v) is 21.8. The molecule has 0 spiro atoms. The number of anilines is 2. The summed E-state index contributed by atoms with van der Waals surface area (Å²) in [4.78, 5) is 17.5. The van der Waals surface area contributed by atoms with Crippen LogP contribution in [0.3, 0.4) is 0 Å². The standard InChI is InChI=1S/C27H28Cl3N3O/c1-4-19-14-17(2)13-18(3)26(19)31-27(34)32-11-12-33(24-10-9-22(29)15-23(24)30)25(16-32)20-5-7-21(28)8-6-20/h5-10,13-15,25H,4,11-12,16H2,1-3H3,(H,31,34). The Kier molecular flexibility index (Phi) is 7.61. The minimum atomic E-state index is -0.0949. The maximum Gasteiger partial charge on any atom is 0.322 e. The van der Waals surface area contributed by atoms with Gasteiger partial charge in [-0.25, -0.2) is 4.79 Å². The lowest BCUT2D eigenvalue weighted by Crippen LogP contribution is -2.52. The van der Waals surface area contributed by atoms with Crippen LogP contribution in [0, 0.1) is 13.8 Å². The van der Waals surface area contributed by atoms with E-state index in [2.05, 4.69) is 36.2 Å². The predicted octanol–water partition coefficient (Wildman–Crippen LogP) is 7.92. The molecule has 0 bridgehead atoms. The van der Waals surface area contributed by atoms with Gasteiger partial charge in [-0.05, 0) is 67.3 Å². The molecule has 0 aliphatic carbocycles. The summed E-state index contributed by atoms with van der Waals surface area (Å²) in [5, 5.41) is 5.04. The van der Waals surface area contributed by atoms with E-state index in [0.717, 1.165) is 34.5 Å². The first-order valence-electron chi connectivity index (χ1n) is 11.4. The molecular formula is C27H28Cl3N3O. The van der Waals surface area contributed by atoms with Gasteiger partial charge in [0, 0.05) is 35.4 Å². The number of urea groups is 1. The highest BCUT2D eigenvalue weighted by Gasteiger charge is 2.32. The molecule has 0 saturated carbocycles. The number of aryl methyl sites for hydroxylation is 3. The minimum absolute atomic E-state index is 0.0831. The second kappa shape index (κ2) is 10.5. The van der Waals surface area contributed by atoms with Crippen LogP contribution in [0.25, 0.3) is 0 Å². The zero-order chi connectivity index (χ0) is 24.4. The first kappa shape index (κ1) is 24.7. The fraction of sp³-hybridized carbons (Fsp3) is 0.296. The molecule has 0 aromatic heterocycles. The second-order valence-electron chi connectivity index (χ2n) is 8.70. The van der Waals surface area contributed by atoms with E-state index in [1.54, 1.807) is 6.07 Å². The van der Waals surface area contributed by atoms with Crippen molar-refractivity contribution in [3.05, 3.63) is 91.9 Å². The molecule has 0 radical (unpaired) electrons. The highest BCUT2D eigenvalue weighted by atomic mass is 35.5. The Labute approximate surface area is 216 Å². The third kappa shape index (κ3) is 5.30. The number of nitrogens with zero attached hydrogens (tertiary/aromatic N) is 2. The van der Waals surface area contributed by atoms with Crippen molar-refractivity contribution in [2.75, 3.05) is 29.9 Å². The van der Waals surface area contributed by atoms with Gasteiger partial charge >= 0.3 is 6.03 Å². The van der Waals surface area contributed by atoms with E-state index < -0.39 is 0 Å². The van der Waals surface area contributed by atoms with Gasteiger partial charge in [0.05, 0.1) is 16.8 Å². The van der Waals surface area contributed by atoms with Gasteiger partial charge in [0.2, 0.25) is 0 Å². The maximum absolute atomic E-state index is 13.4. The molecule has 3 aromatic carbocycles. The van der Waals surface area contributed by atoms with Gasteiger partial charge in [-0.1, -0.05) is 71.6 Å². The highest BCUT2D eigenvalue weighted by Crippen LogP contribution is 2.37. The molecule has 7 heteroatoms. The minimum Gasteiger partial charge on any atom is -0.360 e. The Morgan fingerprint density at radius 3 is 2.35 bits per heavy atom. The Hall–Kier alpha value is -2.40. The number of hydrogen-bond acceptors (Lipinski definition) is 2. The molecule has 1 aliphatic heterocycles. The van der Waals surface area contributed by atoms with Crippen molar-refractivity contribution in [1.29, 1.82) is 0 Å². The summed E-state index contributed by atoms with van der Waals surface area (Å²) in [5.74, 6) is 0. The predicted molar refractivity (Wildman–Crippen MR) is 144 cm³/mol. The SMILES string of the molecule is CCc1cc(C)cc(C)c1NC(=O)N1CCN(c2ccc(Cl)cc2Cl)C(c2ccc(Cl)cc2)C1. The third-order valence-corrected chi connectivity index (χ3v) is 7.11. The molecule has 1 unspecified atom stereocenters. The Morgan fingerprint density at radius 2 is 1.68 bits per heavy atom. The number of carbonyl (C=O) groups excluding carboxylic acids is 1. The average Bonchev–Trinajstić information content (AvgIpc) is 2.81. The summed E-state index contributed by atoms with van der Waals surface area (Å²) < 4.78 is 0. The Balaban J connectivity index is 1.62. The second-order valence-corrected chi connectivity index (χ2v) is 9.98. The third-order valence-electron chi connectivity index (χ3n) is 6.32. The number of rotatable bonds is 4. The molecule has 4 rings (SSSR count). The highest BCUT2D eigenvalue weighted by molar-refractivity contribution is 6.36. The molecule has 1 aliphatic rings. The molecule has 2 amide bonds. The summed E-state index contributed by atoms with van der Waals surface area (Å²) in [5.41, 5.74) is 6.29. The molecule has 1 heterocycles. The number of benzene rings is 3. The number of hydrogen-bond donors (Lipinski definition) is 1. The van der Waals surface area contributed by atoms with Crippen LogP contribution < -0.4 is 10.2 Å². The van der Waals surface area contributed by atoms with Crippen LogP contribution in [0.15, 0.2) is 54.6 Å². The van der Waals surface area contributed by atoms with Gasteiger partial charge in [-0.2, -0.15) is 0 Å². The monoisotopic (exact) mass is 515 g/mol. The fourth-order valence-corrected chi connectivity index (χ4v) is 5.28. The summed E-state index contributed by atoms with van der Waals surface area (Å²) >= 11 is 18.9. The number of nitrogens with one attached hydrogen (secondary N) is 1. The summed E-state index contributed by atoms with van der Waals surface area (Å²) in [6.07, 6.45) is 0.856. The molecule has 1 fully saturated rings. The quantitative estimate of drug-likeness (QED) is 0.382. The van der Waals surface area contributed by atoms with Crippen LogP contribution in [0.2, 0.25) is 15.1 Å². The summed E-state index contributed by atoms with van der Waals surface area (Å²) in [7, 11) is 0. The van der Waals surface area contributed by atoms with Crippen molar-refractivity contribution in [3.8, 4) is 0 Å². The largest absolute Gasteiger partial charge is 0.360 e. The van der Waals surface area contributed by atoms with Crippen molar-refractivity contribution < 1.29 is 4.79 Å². The van der Waals surface area contributed by atoms with Gasteiger partial charge < -0.3 is 15.1 Å². The van der Waals surface area contributed by atoms with Gasteiger partial charge in [0.15, 0.2) is 0 Å². The lowest BCUT2D eigenvalue weighted by molar-refractivity contribution is 0.198. The smallest absolute Gasteiger partial charge is 0.322 e. The normalized spacial score (nSPS) is 16.0. The number of piperazine rings is 1. The number of amides is 2. The molecule has 1 atom stereocenters. The van der Waals surface area contributed by atoms with Crippen molar-refractivity contribution in [2.24, 2.45) is 0 Å². The van der Waals surface area contributed by atoms with E-state index in [9.17, 15) is 4.79 Å². The van der Waals surface area contributed by atoms with Crippen LogP contribution in [-0.2, 0) is 6.42 Å². The molecule has 1 saturated heterocycles. The van der Waals surface area contributed by atoms with E-state index in [0.29, 0.717) is 34.7 Å². The average molecular weight is 517 g/mol. The summed E-state index contributed by atoms with van der Waals surface area (Å²) in [6.45, 7) is 7.94. The van der Waals surface area contributed by atoms with E-state index >= 15 is 0 Å². The van der Waals surface area contributed by atoms with Crippen molar-refractivity contribution in [1.82, 2.24) is 4.90 Å². The Bertz CT molecular complexity index is 1200. The molecule has 34 heavy (non-hydrogen) atoms. The first-order chi connectivity index (χ1) is 16.3. The van der Waals surface area contributed by atoms with Crippen LogP contribution >= 0.6 is 34.8 Å². The van der Waals surface area contributed by atoms with Crippen molar-refractivity contribution in [3.63, 3.8) is 0 Å². The van der Waals surface area contributed by atoms with Crippen molar-refractivity contribution in [2.45, 2.75) is 33.2 Å². The van der Waals surface area contributed by atoms with E-state index in [4.69, 9.17) is 34.8 Å². The van der Waals surface area contributed by atoms with Crippen LogP contribution in [0.1, 0.15) is 35.2 Å². The number of carbonyl (C=O) groups is 1. The summed E-state index contributed by atoms with van der Waals surface area (Å²) in [6, 6.07) is 17.4. The van der Waals surface area contributed by atoms with Crippen LogP contribution in [0.4, 0.5) is 16.2 Å². The zero-order valence-electron chi connectivity index (χ0n) is 19.5. The Morgan fingerprint density at radius 1 is 0.971 bits per heavy atom. The van der Waals surface area contributed by atoms with E-state index in [-0.39, 0.29) is 12.1 Å². The van der Waals surface area contributed by atoms with E-state index in [1.807, 2.05) is 48.2 Å². The van der Waals surface area contributed by atoms with Gasteiger partial charge in [-0.15, -0.1) is 0 Å². The molecular weight excluding hydrogens is 489 g/mol. The molecule has 178 valence electrons. The molecule has 4 nitrogen and oxygen atoms in total. The lowest BCUT2D eigenvalue weighted by Gasteiger charge is -2.43. The first-order valence-corrected chi connectivity index (χ1v) is 12.5. The van der Waals surface area contributed by atoms with Gasteiger partial charge in [0.1, 0.15) is 0 Å². The topological polar surface area (TPSA) is 35.6 Å². The molecule has 3 aromatic rings. The van der Waals surface area contributed by atoms with Crippen molar-refractivity contribution >= 4 is 52.2 Å². The van der Waals surface area contributed by atoms with Gasteiger partial charge in [-0.3, -0.25) is 0 Å². The van der Waals surface area contributed by atoms with Gasteiger partial charge in [0.25, 0.3) is 0 Å². The van der Waals surface area contributed by atoms with Crippen LogP contribution in [-0.4, -0.2) is 30.6 Å². The lowest BCUT2D eigenvalue weighted by atomic mass is 10.0. The van der Waals surface area contributed by atoms with E-state index in [1.165, 1.54) is 5.56 Å². The fourth-order valence-electron chi connectivity index (χ4n) is 4.64. The molecule has 1 N–H and O–H groups in total. The van der Waals surface area contributed by atoms with Crippen LogP contribution in [0.5, 0.6) is 0 Å². The maximum atomic E-state index is 13.4.